The molecule has 0 radical (unpaired) electrons. The largest absolute Gasteiger partial charge is 0.330 e. The number of carbonyl (C=O) groups excluding carboxylic acids is 1. The van der Waals surface area contributed by atoms with E-state index in [4.69, 9.17) is 23.2 Å². The maximum absolute atomic E-state index is 12.9. The van der Waals surface area contributed by atoms with Crippen molar-refractivity contribution in [2.24, 2.45) is 0 Å². The first-order valence-corrected chi connectivity index (χ1v) is 9.11. The Morgan fingerprint density at radius 3 is 2.50 bits per heavy atom. The molecule has 5 heteroatoms. The number of rotatable bonds is 3. The highest BCUT2D eigenvalue weighted by atomic mass is 35.5. The number of likely N-dealkylation sites (tertiary alicyclic amines) is 1. The molecule has 1 fully saturated rings. The van der Waals surface area contributed by atoms with E-state index < -0.39 is 0 Å². The van der Waals surface area contributed by atoms with Gasteiger partial charge in [0.25, 0.3) is 5.91 Å². The number of pyridine rings is 1. The van der Waals surface area contributed by atoms with Gasteiger partial charge in [0.05, 0.1) is 5.57 Å². The molecule has 0 atom stereocenters. The first-order chi connectivity index (χ1) is 12.6. The second-order valence-electron chi connectivity index (χ2n) is 6.34. The van der Waals surface area contributed by atoms with Gasteiger partial charge in [-0.15, -0.1) is 0 Å². The van der Waals surface area contributed by atoms with Crippen LogP contribution in [0.15, 0.2) is 77.1 Å². The molecule has 0 N–H and O–H groups in total. The summed E-state index contributed by atoms with van der Waals surface area (Å²) in [5, 5.41) is 1.29. The molecule has 26 heavy (non-hydrogen) atoms. The minimum absolute atomic E-state index is 0.0134. The van der Waals surface area contributed by atoms with Crippen molar-refractivity contribution in [1.29, 1.82) is 0 Å². The molecule has 130 valence electrons. The Bertz CT molecular complexity index is 944. The van der Waals surface area contributed by atoms with E-state index in [0.29, 0.717) is 35.1 Å². The monoisotopic (exact) mass is 382 g/mol. The quantitative estimate of drug-likeness (QED) is 0.749. The summed E-state index contributed by atoms with van der Waals surface area (Å²) in [6.45, 7) is 1.09. The molecule has 3 nitrogen and oxygen atoms in total. The molecule has 1 aliphatic heterocycles. The zero-order chi connectivity index (χ0) is 18.1. The van der Waals surface area contributed by atoms with Gasteiger partial charge < -0.3 is 4.90 Å². The predicted molar refractivity (Wildman–Crippen MR) is 105 cm³/mol. The fourth-order valence-electron chi connectivity index (χ4n) is 3.29. The summed E-state index contributed by atoms with van der Waals surface area (Å²) >= 11 is 12.4. The van der Waals surface area contributed by atoms with Gasteiger partial charge in [-0.3, -0.25) is 9.78 Å². The van der Waals surface area contributed by atoms with Gasteiger partial charge in [-0.2, -0.15) is 0 Å². The van der Waals surface area contributed by atoms with E-state index in [-0.39, 0.29) is 5.91 Å². The highest BCUT2D eigenvalue weighted by Gasteiger charge is 2.33. The maximum Gasteiger partial charge on any atom is 0.255 e. The van der Waals surface area contributed by atoms with Crippen LogP contribution in [0.2, 0.25) is 5.02 Å². The molecular weight excluding hydrogens is 367 g/mol. The van der Waals surface area contributed by atoms with Crippen molar-refractivity contribution < 1.29 is 4.79 Å². The fourth-order valence-corrected chi connectivity index (χ4v) is 3.70. The van der Waals surface area contributed by atoms with Crippen molar-refractivity contribution in [1.82, 2.24) is 9.88 Å². The Kier molecular flexibility index (Phi) is 4.66. The molecule has 0 spiro atoms. The third-order valence-electron chi connectivity index (χ3n) is 4.59. The molecule has 1 aromatic heterocycles. The Balaban J connectivity index is 1.64. The van der Waals surface area contributed by atoms with Gasteiger partial charge in [0.1, 0.15) is 0 Å². The third-order valence-corrected chi connectivity index (χ3v) is 5.18. The lowest BCUT2D eigenvalue weighted by Crippen LogP contribution is -2.24. The van der Waals surface area contributed by atoms with Crippen molar-refractivity contribution >= 4 is 34.7 Å². The van der Waals surface area contributed by atoms with Crippen LogP contribution < -0.4 is 0 Å². The van der Waals surface area contributed by atoms with Crippen LogP contribution in [-0.4, -0.2) is 22.3 Å². The number of halogens is 2. The van der Waals surface area contributed by atoms with Crippen LogP contribution in [0.25, 0.3) is 5.57 Å². The smallest absolute Gasteiger partial charge is 0.255 e. The fraction of sp³-hybridized carbons (Fsp3) is 0.143. The van der Waals surface area contributed by atoms with E-state index in [1.807, 2.05) is 41.3 Å². The highest BCUT2D eigenvalue weighted by Crippen LogP contribution is 2.36. The molecular formula is C21H16Cl2N2O. The summed E-state index contributed by atoms with van der Waals surface area (Å²) in [6, 6.07) is 11.5. The Morgan fingerprint density at radius 1 is 1.04 bits per heavy atom. The predicted octanol–water partition coefficient (Wildman–Crippen LogP) is 4.98. The van der Waals surface area contributed by atoms with E-state index in [9.17, 15) is 4.79 Å². The first kappa shape index (κ1) is 17.1. The summed E-state index contributed by atoms with van der Waals surface area (Å²) in [6.07, 6.45) is 8.21. The number of nitrogens with zero attached hydrogens (tertiary/aromatic N) is 2. The molecule has 1 saturated heterocycles. The van der Waals surface area contributed by atoms with Crippen LogP contribution in [0.4, 0.5) is 0 Å². The lowest BCUT2D eigenvalue weighted by Gasteiger charge is -2.15. The average Bonchev–Trinajstić information content (AvgIpc) is 2.85. The molecule has 1 aliphatic carbocycles. The van der Waals surface area contributed by atoms with Crippen molar-refractivity contribution in [3.05, 3.63) is 93.3 Å². The minimum atomic E-state index is -0.0134. The number of carbonyl (C=O) groups is 1. The third kappa shape index (κ3) is 3.33. The van der Waals surface area contributed by atoms with Crippen molar-refractivity contribution in [3.8, 4) is 0 Å². The number of hydrogen-bond donors (Lipinski definition) is 0. The number of hydrogen-bond acceptors (Lipinski definition) is 2. The molecule has 2 aliphatic rings. The van der Waals surface area contributed by atoms with Gasteiger partial charge in [-0.25, -0.2) is 0 Å². The number of fused-ring (bicyclic) bond motifs is 1. The maximum atomic E-state index is 12.9. The molecule has 0 saturated carbocycles. The van der Waals surface area contributed by atoms with Crippen LogP contribution in [0.5, 0.6) is 0 Å². The van der Waals surface area contributed by atoms with Crippen LogP contribution in [0, 0.1) is 0 Å². The SMILES string of the molecule is O=C1C2=C(Cl)CC=C(c3ccncc3)C=C2CN1Cc1ccc(Cl)cc1. The molecule has 2 heterocycles. The summed E-state index contributed by atoms with van der Waals surface area (Å²) in [7, 11) is 0. The van der Waals surface area contributed by atoms with E-state index in [0.717, 1.165) is 22.3 Å². The molecule has 0 unspecified atom stereocenters. The summed E-state index contributed by atoms with van der Waals surface area (Å²) in [4.78, 5) is 18.8. The molecule has 1 aromatic carbocycles. The highest BCUT2D eigenvalue weighted by molar-refractivity contribution is 6.33. The van der Waals surface area contributed by atoms with Crippen molar-refractivity contribution in [2.75, 3.05) is 6.54 Å². The Morgan fingerprint density at radius 2 is 1.77 bits per heavy atom. The second-order valence-corrected chi connectivity index (χ2v) is 7.23. The van der Waals surface area contributed by atoms with Gasteiger partial charge in [0.15, 0.2) is 0 Å². The summed E-state index contributed by atoms with van der Waals surface area (Å²) < 4.78 is 0. The number of benzene rings is 1. The van der Waals surface area contributed by atoms with Crippen LogP contribution in [-0.2, 0) is 11.3 Å². The van der Waals surface area contributed by atoms with Crippen LogP contribution >= 0.6 is 23.2 Å². The van der Waals surface area contributed by atoms with Crippen molar-refractivity contribution in [3.63, 3.8) is 0 Å². The minimum Gasteiger partial charge on any atom is -0.330 e. The Labute approximate surface area is 162 Å². The molecule has 2 aromatic rings. The van der Waals surface area contributed by atoms with E-state index in [1.165, 1.54) is 0 Å². The summed E-state index contributed by atoms with van der Waals surface area (Å²) in [5.74, 6) is -0.0134. The molecule has 0 bridgehead atoms. The molecule has 4 rings (SSSR count). The van der Waals surface area contributed by atoms with Gasteiger partial charge in [0, 0.05) is 42.0 Å². The number of amides is 1. The zero-order valence-corrected chi connectivity index (χ0v) is 15.5. The van der Waals surface area contributed by atoms with Gasteiger partial charge in [-0.05, 0) is 52.6 Å². The topological polar surface area (TPSA) is 33.2 Å². The lowest BCUT2D eigenvalue weighted by atomic mass is 10.0. The van der Waals surface area contributed by atoms with Crippen LogP contribution in [0.3, 0.4) is 0 Å². The number of allylic oxidation sites excluding steroid dienone is 4. The first-order valence-electron chi connectivity index (χ1n) is 8.35. The second kappa shape index (κ2) is 7.10. The van der Waals surface area contributed by atoms with Gasteiger partial charge >= 0.3 is 0 Å². The van der Waals surface area contributed by atoms with Gasteiger partial charge in [-0.1, -0.05) is 41.4 Å². The van der Waals surface area contributed by atoms with E-state index in [1.54, 1.807) is 12.4 Å². The Hall–Kier alpha value is -2.36. The van der Waals surface area contributed by atoms with Gasteiger partial charge in [0.2, 0.25) is 0 Å². The van der Waals surface area contributed by atoms with Crippen LogP contribution in [0.1, 0.15) is 17.5 Å². The normalized spacial score (nSPS) is 17.0. The average molecular weight is 383 g/mol. The van der Waals surface area contributed by atoms with E-state index >= 15 is 0 Å². The number of aromatic nitrogens is 1. The zero-order valence-electron chi connectivity index (χ0n) is 14.0. The molecule has 1 amide bonds. The lowest BCUT2D eigenvalue weighted by molar-refractivity contribution is -0.125. The summed E-state index contributed by atoms with van der Waals surface area (Å²) in [5.41, 5.74) is 4.79. The standard InChI is InChI=1S/C21H16Cl2N2O/c22-18-4-1-14(2-5-18)12-25-13-17-11-16(15-7-9-24-10-8-15)3-6-19(23)20(17)21(25)26/h1-5,7-11H,6,12-13H2. The van der Waals surface area contributed by atoms with Crippen molar-refractivity contribution in [2.45, 2.75) is 13.0 Å². The van der Waals surface area contributed by atoms with E-state index in [2.05, 4.69) is 17.1 Å².